The summed E-state index contributed by atoms with van der Waals surface area (Å²) in [6.07, 6.45) is -0.651. The zero-order valence-corrected chi connectivity index (χ0v) is 11.5. The lowest BCUT2D eigenvalue weighted by atomic mass is 9.94. The van der Waals surface area contributed by atoms with E-state index in [2.05, 4.69) is 0 Å². The van der Waals surface area contributed by atoms with Gasteiger partial charge in [-0.1, -0.05) is 43.1 Å². The molecule has 1 rings (SSSR count). The van der Waals surface area contributed by atoms with Crippen LogP contribution in [0.5, 0.6) is 0 Å². The lowest BCUT2D eigenvalue weighted by molar-refractivity contribution is 0.0980. The molecule has 0 aliphatic heterocycles. The number of benzene rings is 1. The van der Waals surface area contributed by atoms with Gasteiger partial charge in [0.05, 0.1) is 12.1 Å². The second kappa shape index (κ2) is 6.67. The molecule has 2 nitrogen and oxygen atoms in total. The standard InChI is InChI=1S/C11H15Cl2NO.ClH/c1-6(2)11(15)10(14)9-7(12)4-3-5-8(9)13;/h3-6,10-11,15H,14H2,1-2H3;1H/t10-,11+;/m1./s1. The van der Waals surface area contributed by atoms with Gasteiger partial charge in [-0.05, 0) is 18.1 Å². The van der Waals surface area contributed by atoms with Gasteiger partial charge in [0.1, 0.15) is 0 Å². The molecule has 92 valence electrons. The molecule has 3 N–H and O–H groups in total. The van der Waals surface area contributed by atoms with Gasteiger partial charge < -0.3 is 10.8 Å². The molecule has 0 aromatic heterocycles. The summed E-state index contributed by atoms with van der Waals surface area (Å²) < 4.78 is 0. The van der Waals surface area contributed by atoms with E-state index in [1.54, 1.807) is 18.2 Å². The number of hydrogen-bond acceptors (Lipinski definition) is 2. The van der Waals surface area contributed by atoms with Crippen LogP contribution in [0.3, 0.4) is 0 Å². The van der Waals surface area contributed by atoms with E-state index in [0.717, 1.165) is 0 Å². The summed E-state index contributed by atoms with van der Waals surface area (Å²) in [5.74, 6) is 0.0624. The summed E-state index contributed by atoms with van der Waals surface area (Å²) in [5, 5.41) is 10.8. The molecule has 5 heteroatoms. The van der Waals surface area contributed by atoms with Gasteiger partial charge in [0, 0.05) is 15.6 Å². The van der Waals surface area contributed by atoms with Crippen molar-refractivity contribution in [1.29, 1.82) is 0 Å². The number of hydrogen-bond donors (Lipinski definition) is 2. The number of rotatable bonds is 3. The normalized spacial score (nSPS) is 14.4. The first-order chi connectivity index (χ1) is 6.95. The Morgan fingerprint density at radius 2 is 1.62 bits per heavy atom. The molecule has 2 atom stereocenters. The molecule has 0 saturated heterocycles. The van der Waals surface area contributed by atoms with Gasteiger partial charge in [-0.15, -0.1) is 12.4 Å². The summed E-state index contributed by atoms with van der Waals surface area (Å²) in [5.41, 5.74) is 6.54. The molecular formula is C11H16Cl3NO. The predicted octanol–water partition coefficient (Wildman–Crippen LogP) is 3.43. The van der Waals surface area contributed by atoms with Crippen molar-refractivity contribution in [2.75, 3.05) is 0 Å². The molecule has 0 saturated carbocycles. The Hall–Kier alpha value is 0.01000. The van der Waals surface area contributed by atoms with Crippen molar-refractivity contribution >= 4 is 35.6 Å². The van der Waals surface area contributed by atoms with E-state index in [4.69, 9.17) is 28.9 Å². The van der Waals surface area contributed by atoms with Crippen LogP contribution in [0.15, 0.2) is 18.2 Å². The molecule has 0 aliphatic carbocycles. The number of nitrogens with two attached hydrogens (primary N) is 1. The summed E-state index contributed by atoms with van der Waals surface area (Å²) >= 11 is 12.0. The summed E-state index contributed by atoms with van der Waals surface area (Å²) in [4.78, 5) is 0. The highest BCUT2D eigenvalue weighted by Gasteiger charge is 2.23. The van der Waals surface area contributed by atoms with Crippen LogP contribution in [0, 0.1) is 5.92 Å². The third-order valence-corrected chi connectivity index (χ3v) is 3.04. The molecule has 0 fully saturated rings. The van der Waals surface area contributed by atoms with Gasteiger partial charge in [-0.2, -0.15) is 0 Å². The average Bonchev–Trinajstić information content (AvgIpc) is 2.15. The highest BCUT2D eigenvalue weighted by atomic mass is 35.5. The molecule has 0 heterocycles. The Morgan fingerprint density at radius 1 is 1.19 bits per heavy atom. The van der Waals surface area contributed by atoms with Gasteiger partial charge >= 0.3 is 0 Å². The molecule has 0 unspecified atom stereocenters. The maximum atomic E-state index is 9.85. The van der Waals surface area contributed by atoms with Crippen LogP contribution in [0.4, 0.5) is 0 Å². The lowest BCUT2D eigenvalue weighted by Crippen LogP contribution is -2.30. The molecule has 16 heavy (non-hydrogen) atoms. The van der Waals surface area contributed by atoms with Gasteiger partial charge in [0.15, 0.2) is 0 Å². The third kappa shape index (κ3) is 3.51. The minimum atomic E-state index is -0.651. The maximum absolute atomic E-state index is 9.85. The lowest BCUT2D eigenvalue weighted by Gasteiger charge is -2.24. The average molecular weight is 285 g/mol. The van der Waals surface area contributed by atoms with Gasteiger partial charge in [0.2, 0.25) is 0 Å². The van der Waals surface area contributed by atoms with E-state index < -0.39 is 12.1 Å². The van der Waals surface area contributed by atoms with Crippen molar-refractivity contribution in [3.8, 4) is 0 Å². The zero-order chi connectivity index (χ0) is 11.6. The van der Waals surface area contributed by atoms with Crippen LogP contribution in [0.1, 0.15) is 25.5 Å². The summed E-state index contributed by atoms with van der Waals surface area (Å²) in [7, 11) is 0. The fourth-order valence-corrected chi connectivity index (χ4v) is 2.06. The fourth-order valence-electron chi connectivity index (χ4n) is 1.41. The Bertz CT molecular complexity index is 324. The smallest absolute Gasteiger partial charge is 0.0756 e. The Labute approximate surface area is 112 Å². The van der Waals surface area contributed by atoms with Gasteiger partial charge in [-0.3, -0.25) is 0 Å². The molecule has 1 aromatic rings. The summed E-state index contributed by atoms with van der Waals surface area (Å²) in [6.45, 7) is 3.80. The number of halogens is 3. The van der Waals surface area contributed by atoms with Crippen molar-refractivity contribution in [3.05, 3.63) is 33.8 Å². The summed E-state index contributed by atoms with van der Waals surface area (Å²) in [6, 6.07) is 4.64. The molecule has 0 bridgehead atoms. The van der Waals surface area contributed by atoms with Crippen LogP contribution in [0.25, 0.3) is 0 Å². The highest BCUT2D eigenvalue weighted by Crippen LogP contribution is 2.32. The van der Waals surface area contributed by atoms with Crippen LogP contribution < -0.4 is 5.73 Å². The monoisotopic (exact) mass is 283 g/mol. The number of aliphatic hydroxyl groups excluding tert-OH is 1. The minimum Gasteiger partial charge on any atom is -0.391 e. The second-order valence-electron chi connectivity index (χ2n) is 3.90. The first-order valence-electron chi connectivity index (χ1n) is 4.82. The quantitative estimate of drug-likeness (QED) is 0.893. The minimum absolute atomic E-state index is 0. The van der Waals surface area contributed by atoms with E-state index in [1.165, 1.54) is 0 Å². The zero-order valence-electron chi connectivity index (χ0n) is 9.15. The van der Waals surface area contributed by atoms with Crippen LogP contribution in [0.2, 0.25) is 10.0 Å². The molecular weight excluding hydrogens is 268 g/mol. The molecule has 1 aromatic carbocycles. The molecule has 0 aliphatic rings. The van der Waals surface area contributed by atoms with Crippen LogP contribution in [-0.2, 0) is 0 Å². The van der Waals surface area contributed by atoms with Crippen molar-refractivity contribution in [3.63, 3.8) is 0 Å². The number of aliphatic hydroxyl groups is 1. The SMILES string of the molecule is CC(C)[C@H](O)[C@H](N)c1c(Cl)cccc1Cl.Cl. The maximum Gasteiger partial charge on any atom is 0.0756 e. The Balaban J connectivity index is 0.00000225. The highest BCUT2D eigenvalue weighted by molar-refractivity contribution is 6.36. The van der Waals surface area contributed by atoms with Crippen molar-refractivity contribution < 1.29 is 5.11 Å². The molecule has 0 radical (unpaired) electrons. The third-order valence-electron chi connectivity index (χ3n) is 2.38. The van der Waals surface area contributed by atoms with E-state index in [9.17, 15) is 5.11 Å². The van der Waals surface area contributed by atoms with Crippen molar-refractivity contribution in [2.24, 2.45) is 11.7 Å². The Kier molecular flexibility index (Phi) is 6.68. The van der Waals surface area contributed by atoms with E-state index >= 15 is 0 Å². The van der Waals surface area contributed by atoms with E-state index in [1.807, 2.05) is 13.8 Å². The fraction of sp³-hybridized carbons (Fsp3) is 0.455. The first kappa shape index (κ1) is 16.0. The predicted molar refractivity (Wildman–Crippen MR) is 71.5 cm³/mol. The van der Waals surface area contributed by atoms with E-state index in [-0.39, 0.29) is 18.3 Å². The Morgan fingerprint density at radius 3 is 2.00 bits per heavy atom. The van der Waals surface area contributed by atoms with Gasteiger partial charge in [0.25, 0.3) is 0 Å². The first-order valence-corrected chi connectivity index (χ1v) is 5.58. The van der Waals surface area contributed by atoms with Crippen molar-refractivity contribution in [1.82, 2.24) is 0 Å². The van der Waals surface area contributed by atoms with Gasteiger partial charge in [-0.25, -0.2) is 0 Å². The molecule has 0 spiro atoms. The second-order valence-corrected chi connectivity index (χ2v) is 4.71. The van der Waals surface area contributed by atoms with Crippen LogP contribution in [-0.4, -0.2) is 11.2 Å². The largest absolute Gasteiger partial charge is 0.391 e. The molecule has 0 amide bonds. The topological polar surface area (TPSA) is 46.2 Å². The van der Waals surface area contributed by atoms with Crippen molar-refractivity contribution in [2.45, 2.75) is 26.0 Å². The van der Waals surface area contributed by atoms with E-state index in [0.29, 0.717) is 15.6 Å². The van der Waals surface area contributed by atoms with Crippen LogP contribution >= 0.6 is 35.6 Å².